The average Bonchev–Trinajstić information content (AvgIpc) is 2.26. The van der Waals surface area contributed by atoms with E-state index in [2.05, 4.69) is 9.97 Å². The Bertz CT molecular complexity index is 584. The summed E-state index contributed by atoms with van der Waals surface area (Å²) in [6, 6.07) is 5.18. The Labute approximate surface area is 88.2 Å². The monoisotopic (exact) mass is 223 g/mol. The lowest BCUT2D eigenvalue weighted by Crippen LogP contribution is -2.07. The van der Waals surface area contributed by atoms with Gasteiger partial charge in [-0.25, -0.2) is 9.97 Å². The standard InChI is InChI=1S/C10H4F3N3/c11-10(12,13)9-2-1-6-7(16-9)3-4-15-8(6)5-14/h1-4H. The fourth-order valence-electron chi connectivity index (χ4n) is 1.30. The highest BCUT2D eigenvalue weighted by atomic mass is 19.4. The molecule has 0 aliphatic rings. The Kier molecular flexibility index (Phi) is 2.23. The number of hydrogen-bond acceptors (Lipinski definition) is 3. The number of rotatable bonds is 0. The van der Waals surface area contributed by atoms with E-state index in [1.807, 2.05) is 0 Å². The van der Waals surface area contributed by atoms with E-state index in [0.717, 1.165) is 6.07 Å². The van der Waals surface area contributed by atoms with Gasteiger partial charge in [0, 0.05) is 11.6 Å². The van der Waals surface area contributed by atoms with Crippen LogP contribution in [0.15, 0.2) is 24.4 Å². The first kappa shape index (κ1) is 10.4. The summed E-state index contributed by atoms with van der Waals surface area (Å²) < 4.78 is 37.1. The van der Waals surface area contributed by atoms with Gasteiger partial charge in [0.25, 0.3) is 0 Å². The summed E-state index contributed by atoms with van der Waals surface area (Å²) in [5.41, 5.74) is -0.796. The van der Waals surface area contributed by atoms with Crippen LogP contribution in [0.4, 0.5) is 13.2 Å². The molecule has 2 heterocycles. The molecule has 0 spiro atoms. The van der Waals surface area contributed by atoms with Crippen LogP contribution in [0.5, 0.6) is 0 Å². The van der Waals surface area contributed by atoms with E-state index >= 15 is 0 Å². The molecule has 0 fully saturated rings. The highest BCUT2D eigenvalue weighted by molar-refractivity contribution is 5.82. The molecule has 0 bridgehead atoms. The Hall–Kier alpha value is -2.16. The van der Waals surface area contributed by atoms with E-state index in [0.29, 0.717) is 5.39 Å². The van der Waals surface area contributed by atoms with Crippen LogP contribution in [0.3, 0.4) is 0 Å². The molecule has 0 radical (unpaired) electrons. The highest BCUT2D eigenvalue weighted by Crippen LogP contribution is 2.29. The van der Waals surface area contributed by atoms with Crippen LogP contribution in [-0.4, -0.2) is 9.97 Å². The molecule has 3 nitrogen and oxygen atoms in total. The maximum absolute atomic E-state index is 12.4. The molecule has 2 aromatic rings. The summed E-state index contributed by atoms with van der Waals surface area (Å²) in [5.74, 6) is 0. The lowest BCUT2D eigenvalue weighted by atomic mass is 10.2. The molecule has 0 atom stereocenters. The Morgan fingerprint density at radius 1 is 1.19 bits per heavy atom. The third-order valence-corrected chi connectivity index (χ3v) is 2.01. The molecule has 0 saturated carbocycles. The highest BCUT2D eigenvalue weighted by Gasteiger charge is 2.32. The second kappa shape index (κ2) is 3.45. The van der Waals surface area contributed by atoms with E-state index < -0.39 is 11.9 Å². The minimum atomic E-state index is -4.48. The van der Waals surface area contributed by atoms with Gasteiger partial charge >= 0.3 is 6.18 Å². The van der Waals surface area contributed by atoms with Crippen molar-refractivity contribution in [1.29, 1.82) is 5.26 Å². The first-order chi connectivity index (χ1) is 7.52. The molecular formula is C10H4F3N3. The van der Waals surface area contributed by atoms with Crippen LogP contribution in [0, 0.1) is 11.3 Å². The molecule has 0 aliphatic carbocycles. The van der Waals surface area contributed by atoms with Crippen LogP contribution in [0.25, 0.3) is 10.9 Å². The number of aromatic nitrogens is 2. The summed E-state index contributed by atoms with van der Waals surface area (Å²) in [6.07, 6.45) is -3.22. The van der Waals surface area contributed by atoms with Crippen LogP contribution >= 0.6 is 0 Å². The Morgan fingerprint density at radius 3 is 2.56 bits per heavy atom. The Balaban J connectivity index is 2.71. The first-order valence-corrected chi connectivity index (χ1v) is 4.25. The summed E-state index contributed by atoms with van der Waals surface area (Å²) in [4.78, 5) is 7.17. The van der Waals surface area contributed by atoms with Crippen molar-refractivity contribution >= 4 is 10.9 Å². The second-order valence-electron chi connectivity index (χ2n) is 3.03. The van der Waals surface area contributed by atoms with Crippen molar-refractivity contribution < 1.29 is 13.2 Å². The van der Waals surface area contributed by atoms with Crippen LogP contribution in [0.1, 0.15) is 11.4 Å². The van der Waals surface area contributed by atoms with Crippen molar-refractivity contribution in [2.45, 2.75) is 6.18 Å². The van der Waals surface area contributed by atoms with Crippen molar-refractivity contribution in [2.75, 3.05) is 0 Å². The van der Waals surface area contributed by atoms with Gasteiger partial charge in [-0.1, -0.05) is 0 Å². The number of hydrogen-bond donors (Lipinski definition) is 0. The zero-order valence-electron chi connectivity index (χ0n) is 7.78. The molecule has 0 unspecified atom stereocenters. The molecule has 2 aromatic heterocycles. The van der Waals surface area contributed by atoms with Crippen LogP contribution in [-0.2, 0) is 6.18 Å². The van der Waals surface area contributed by atoms with Gasteiger partial charge in [-0.15, -0.1) is 0 Å². The van der Waals surface area contributed by atoms with Crippen LogP contribution < -0.4 is 0 Å². The summed E-state index contributed by atoms with van der Waals surface area (Å²) in [6.45, 7) is 0. The largest absolute Gasteiger partial charge is 0.433 e. The van der Waals surface area contributed by atoms with Gasteiger partial charge in [0.05, 0.1) is 5.52 Å². The van der Waals surface area contributed by atoms with E-state index in [4.69, 9.17) is 5.26 Å². The minimum Gasteiger partial charge on any atom is -0.245 e. The van der Waals surface area contributed by atoms with Gasteiger partial charge in [-0.2, -0.15) is 18.4 Å². The van der Waals surface area contributed by atoms with E-state index in [1.165, 1.54) is 18.3 Å². The van der Waals surface area contributed by atoms with E-state index in [9.17, 15) is 13.2 Å². The average molecular weight is 223 g/mol. The molecule has 16 heavy (non-hydrogen) atoms. The maximum atomic E-state index is 12.4. The zero-order chi connectivity index (χ0) is 11.8. The minimum absolute atomic E-state index is 0.0683. The molecule has 0 saturated heterocycles. The molecular weight excluding hydrogens is 219 g/mol. The zero-order valence-corrected chi connectivity index (χ0v) is 7.78. The smallest absolute Gasteiger partial charge is 0.245 e. The fraction of sp³-hybridized carbons (Fsp3) is 0.100. The number of pyridine rings is 2. The van der Waals surface area contributed by atoms with Gasteiger partial charge in [0.1, 0.15) is 17.5 Å². The predicted octanol–water partition coefficient (Wildman–Crippen LogP) is 2.52. The molecule has 6 heteroatoms. The van der Waals surface area contributed by atoms with Crippen molar-refractivity contribution in [3.63, 3.8) is 0 Å². The predicted molar refractivity (Wildman–Crippen MR) is 49.3 cm³/mol. The number of alkyl halides is 3. The second-order valence-corrected chi connectivity index (χ2v) is 3.03. The third kappa shape index (κ3) is 1.67. The number of nitrogens with zero attached hydrogens (tertiary/aromatic N) is 3. The number of nitriles is 1. The van der Waals surface area contributed by atoms with Gasteiger partial charge in [0.2, 0.25) is 0 Å². The van der Waals surface area contributed by atoms with Gasteiger partial charge < -0.3 is 0 Å². The first-order valence-electron chi connectivity index (χ1n) is 4.25. The van der Waals surface area contributed by atoms with Crippen molar-refractivity contribution in [1.82, 2.24) is 9.97 Å². The fourth-order valence-corrected chi connectivity index (χ4v) is 1.30. The van der Waals surface area contributed by atoms with Gasteiger partial charge in [-0.05, 0) is 18.2 Å². The quantitative estimate of drug-likeness (QED) is 0.689. The normalized spacial score (nSPS) is 11.4. The van der Waals surface area contributed by atoms with E-state index in [-0.39, 0.29) is 11.2 Å². The third-order valence-electron chi connectivity index (χ3n) is 2.01. The molecule has 0 N–H and O–H groups in total. The molecule has 2 rings (SSSR count). The number of fused-ring (bicyclic) bond motifs is 1. The van der Waals surface area contributed by atoms with Crippen molar-refractivity contribution in [3.8, 4) is 6.07 Å². The summed E-state index contributed by atoms with van der Waals surface area (Å²) >= 11 is 0. The summed E-state index contributed by atoms with van der Waals surface area (Å²) in [5, 5.41) is 9.02. The lowest BCUT2D eigenvalue weighted by Gasteiger charge is -2.06. The van der Waals surface area contributed by atoms with E-state index in [1.54, 1.807) is 6.07 Å². The van der Waals surface area contributed by atoms with Crippen LogP contribution in [0.2, 0.25) is 0 Å². The van der Waals surface area contributed by atoms with Crippen molar-refractivity contribution in [3.05, 3.63) is 35.8 Å². The van der Waals surface area contributed by atoms with Gasteiger partial charge in [0.15, 0.2) is 0 Å². The molecule has 0 amide bonds. The van der Waals surface area contributed by atoms with Gasteiger partial charge in [-0.3, -0.25) is 0 Å². The SMILES string of the molecule is N#Cc1nccc2nc(C(F)(F)F)ccc12. The lowest BCUT2D eigenvalue weighted by molar-refractivity contribution is -0.140. The number of halogens is 3. The molecule has 0 aromatic carbocycles. The molecule has 0 aliphatic heterocycles. The maximum Gasteiger partial charge on any atom is 0.433 e. The summed E-state index contributed by atoms with van der Waals surface area (Å²) in [7, 11) is 0. The topological polar surface area (TPSA) is 49.6 Å². The van der Waals surface area contributed by atoms with Crippen molar-refractivity contribution in [2.24, 2.45) is 0 Å². The molecule has 80 valence electrons. The Morgan fingerprint density at radius 2 is 1.94 bits per heavy atom.